The minimum Gasteiger partial charge on any atom is -0.392 e. The van der Waals surface area contributed by atoms with Gasteiger partial charge in [-0.15, -0.1) is 0 Å². The van der Waals surface area contributed by atoms with Crippen LogP contribution in [0.5, 0.6) is 0 Å². The zero-order chi connectivity index (χ0) is 10.8. The third-order valence-corrected chi connectivity index (χ3v) is 3.09. The van der Waals surface area contributed by atoms with Crippen molar-refractivity contribution in [3.8, 4) is 0 Å². The van der Waals surface area contributed by atoms with E-state index in [1.165, 1.54) is 0 Å². The van der Waals surface area contributed by atoms with Crippen molar-refractivity contribution in [3.63, 3.8) is 0 Å². The summed E-state index contributed by atoms with van der Waals surface area (Å²) in [6, 6.07) is 0.242. The van der Waals surface area contributed by atoms with Gasteiger partial charge < -0.3 is 10.2 Å². The predicted molar refractivity (Wildman–Crippen MR) is 57.2 cm³/mol. The van der Waals surface area contributed by atoms with Crippen molar-refractivity contribution >= 4 is 0 Å². The summed E-state index contributed by atoms with van der Waals surface area (Å²) < 4.78 is 0. The lowest BCUT2D eigenvalue weighted by Crippen LogP contribution is -2.47. The van der Waals surface area contributed by atoms with Crippen LogP contribution in [0.1, 0.15) is 40.0 Å². The molecular formula is C11H23NO2. The van der Waals surface area contributed by atoms with Gasteiger partial charge in [0.1, 0.15) is 0 Å². The summed E-state index contributed by atoms with van der Waals surface area (Å²) in [6.07, 6.45) is 2.56. The predicted octanol–water partition coefficient (Wildman–Crippen LogP) is 0.993. The van der Waals surface area contributed by atoms with Gasteiger partial charge in [-0.2, -0.15) is 0 Å². The van der Waals surface area contributed by atoms with Gasteiger partial charge in [0.05, 0.1) is 11.7 Å². The third kappa shape index (κ3) is 3.56. The van der Waals surface area contributed by atoms with E-state index in [1.807, 2.05) is 13.8 Å². The molecule has 1 heterocycles. The fourth-order valence-electron chi connectivity index (χ4n) is 1.92. The molecule has 0 radical (unpaired) electrons. The number of rotatable bonds is 3. The van der Waals surface area contributed by atoms with Crippen LogP contribution in [0.2, 0.25) is 0 Å². The summed E-state index contributed by atoms with van der Waals surface area (Å²) in [7, 11) is 0. The summed E-state index contributed by atoms with van der Waals surface area (Å²) in [5, 5.41) is 19.3. The van der Waals surface area contributed by atoms with Gasteiger partial charge in [0.2, 0.25) is 0 Å². The van der Waals surface area contributed by atoms with E-state index in [0.717, 1.165) is 32.4 Å². The molecule has 0 aliphatic carbocycles. The molecule has 3 heteroatoms. The molecule has 14 heavy (non-hydrogen) atoms. The summed E-state index contributed by atoms with van der Waals surface area (Å²) in [4.78, 5) is 2.27. The van der Waals surface area contributed by atoms with E-state index in [4.69, 9.17) is 0 Å². The summed E-state index contributed by atoms with van der Waals surface area (Å²) in [5.41, 5.74) is -0.595. The van der Waals surface area contributed by atoms with E-state index in [0.29, 0.717) is 0 Å². The van der Waals surface area contributed by atoms with Gasteiger partial charge in [0.15, 0.2) is 0 Å². The zero-order valence-corrected chi connectivity index (χ0v) is 9.53. The molecule has 2 unspecified atom stereocenters. The second kappa shape index (κ2) is 4.60. The molecule has 0 saturated carbocycles. The normalized spacial score (nSPS) is 30.6. The Labute approximate surface area is 86.7 Å². The smallest absolute Gasteiger partial charge is 0.0693 e. The highest BCUT2D eigenvalue weighted by atomic mass is 16.3. The van der Waals surface area contributed by atoms with Crippen LogP contribution < -0.4 is 0 Å². The van der Waals surface area contributed by atoms with E-state index in [-0.39, 0.29) is 12.1 Å². The van der Waals surface area contributed by atoms with Gasteiger partial charge in [-0.1, -0.05) is 0 Å². The Balaban J connectivity index is 2.36. The van der Waals surface area contributed by atoms with Crippen LogP contribution in [-0.4, -0.2) is 45.9 Å². The monoisotopic (exact) mass is 201 g/mol. The number of hydrogen-bond acceptors (Lipinski definition) is 3. The first-order chi connectivity index (χ1) is 6.40. The van der Waals surface area contributed by atoms with Crippen molar-refractivity contribution in [2.24, 2.45) is 0 Å². The molecule has 2 N–H and O–H groups in total. The molecule has 1 aliphatic rings. The van der Waals surface area contributed by atoms with E-state index in [9.17, 15) is 10.2 Å². The van der Waals surface area contributed by atoms with Crippen LogP contribution >= 0.6 is 0 Å². The Morgan fingerprint density at radius 3 is 2.64 bits per heavy atom. The molecule has 0 aromatic heterocycles. The standard InChI is InChI=1S/C11H23NO2/c1-9-10(13)5-4-7-12(9)8-6-11(2,3)14/h9-10,13-14H,4-8H2,1-3H3. The second-order valence-corrected chi connectivity index (χ2v) is 5.05. The molecule has 0 aromatic rings. The molecule has 1 fully saturated rings. The lowest BCUT2D eigenvalue weighted by Gasteiger charge is -2.38. The molecule has 0 aromatic carbocycles. The molecule has 3 nitrogen and oxygen atoms in total. The van der Waals surface area contributed by atoms with Gasteiger partial charge in [-0.25, -0.2) is 0 Å². The van der Waals surface area contributed by atoms with Gasteiger partial charge in [-0.3, -0.25) is 4.90 Å². The number of piperidine rings is 1. The van der Waals surface area contributed by atoms with Crippen molar-refractivity contribution < 1.29 is 10.2 Å². The SMILES string of the molecule is CC1C(O)CCCN1CCC(C)(C)O. The van der Waals surface area contributed by atoms with E-state index < -0.39 is 5.60 Å². The molecule has 0 amide bonds. The van der Waals surface area contributed by atoms with Crippen molar-refractivity contribution in [1.29, 1.82) is 0 Å². The first-order valence-electron chi connectivity index (χ1n) is 5.54. The van der Waals surface area contributed by atoms with Crippen molar-refractivity contribution in [1.82, 2.24) is 4.90 Å². The fraction of sp³-hybridized carbons (Fsp3) is 1.00. The first kappa shape index (κ1) is 12.0. The van der Waals surface area contributed by atoms with E-state index in [1.54, 1.807) is 0 Å². The Bertz CT molecular complexity index is 177. The fourth-order valence-corrected chi connectivity index (χ4v) is 1.92. The number of aliphatic hydroxyl groups is 2. The number of likely N-dealkylation sites (tertiary alicyclic amines) is 1. The van der Waals surface area contributed by atoms with Gasteiger partial charge >= 0.3 is 0 Å². The minimum atomic E-state index is -0.595. The van der Waals surface area contributed by atoms with Crippen LogP contribution in [-0.2, 0) is 0 Å². The third-order valence-electron chi connectivity index (χ3n) is 3.09. The molecule has 84 valence electrons. The largest absolute Gasteiger partial charge is 0.392 e. The quantitative estimate of drug-likeness (QED) is 0.716. The van der Waals surface area contributed by atoms with Crippen molar-refractivity contribution in [2.75, 3.05) is 13.1 Å². The molecule has 0 bridgehead atoms. The van der Waals surface area contributed by atoms with E-state index >= 15 is 0 Å². The topological polar surface area (TPSA) is 43.7 Å². The Hall–Kier alpha value is -0.120. The highest BCUT2D eigenvalue weighted by Crippen LogP contribution is 2.19. The molecule has 1 saturated heterocycles. The van der Waals surface area contributed by atoms with Crippen LogP contribution in [0.15, 0.2) is 0 Å². The summed E-state index contributed by atoms with van der Waals surface area (Å²) in [6.45, 7) is 7.65. The molecule has 0 spiro atoms. The molecule has 1 rings (SSSR count). The minimum absolute atomic E-state index is 0.189. The average molecular weight is 201 g/mol. The van der Waals surface area contributed by atoms with Crippen molar-refractivity contribution in [2.45, 2.75) is 57.8 Å². The van der Waals surface area contributed by atoms with Crippen molar-refractivity contribution in [3.05, 3.63) is 0 Å². The number of aliphatic hydroxyl groups excluding tert-OH is 1. The Morgan fingerprint density at radius 2 is 2.07 bits per heavy atom. The highest BCUT2D eigenvalue weighted by molar-refractivity contribution is 4.81. The lowest BCUT2D eigenvalue weighted by atomic mass is 9.98. The summed E-state index contributed by atoms with van der Waals surface area (Å²) in [5.74, 6) is 0. The summed E-state index contributed by atoms with van der Waals surface area (Å²) >= 11 is 0. The second-order valence-electron chi connectivity index (χ2n) is 5.05. The maximum atomic E-state index is 9.67. The van der Waals surface area contributed by atoms with Gasteiger partial charge in [0.25, 0.3) is 0 Å². The van der Waals surface area contributed by atoms with Crippen LogP contribution in [0.3, 0.4) is 0 Å². The molecule has 2 atom stereocenters. The number of hydrogen-bond donors (Lipinski definition) is 2. The molecular weight excluding hydrogens is 178 g/mol. The highest BCUT2D eigenvalue weighted by Gasteiger charge is 2.27. The maximum Gasteiger partial charge on any atom is 0.0693 e. The van der Waals surface area contributed by atoms with E-state index in [2.05, 4.69) is 11.8 Å². The Morgan fingerprint density at radius 1 is 1.43 bits per heavy atom. The lowest BCUT2D eigenvalue weighted by molar-refractivity contribution is -0.000391. The van der Waals surface area contributed by atoms with Crippen LogP contribution in [0, 0.1) is 0 Å². The average Bonchev–Trinajstić information content (AvgIpc) is 2.06. The van der Waals surface area contributed by atoms with Crippen LogP contribution in [0.25, 0.3) is 0 Å². The Kier molecular flexibility index (Phi) is 3.93. The molecule has 1 aliphatic heterocycles. The van der Waals surface area contributed by atoms with Crippen LogP contribution in [0.4, 0.5) is 0 Å². The van der Waals surface area contributed by atoms with Gasteiger partial charge in [0, 0.05) is 12.6 Å². The van der Waals surface area contributed by atoms with Gasteiger partial charge in [-0.05, 0) is 46.6 Å². The maximum absolute atomic E-state index is 9.67. The number of nitrogens with zero attached hydrogens (tertiary/aromatic N) is 1. The first-order valence-corrected chi connectivity index (χ1v) is 5.54. The zero-order valence-electron chi connectivity index (χ0n) is 9.53.